The van der Waals surface area contributed by atoms with E-state index in [1.807, 2.05) is 0 Å². The first-order chi connectivity index (χ1) is 6.22. The zero-order valence-electron chi connectivity index (χ0n) is 7.34. The smallest absolute Gasteiger partial charge is 0.141 e. The molecule has 0 saturated heterocycles. The molecule has 1 aromatic rings. The van der Waals surface area contributed by atoms with Crippen molar-refractivity contribution >= 4 is 15.9 Å². The van der Waals surface area contributed by atoms with Gasteiger partial charge in [0.15, 0.2) is 0 Å². The van der Waals surface area contributed by atoms with Gasteiger partial charge in [0, 0.05) is 24.1 Å². The Morgan fingerprint density at radius 3 is 2.92 bits per heavy atom. The zero-order chi connectivity index (χ0) is 9.68. The van der Waals surface area contributed by atoms with E-state index in [1.165, 1.54) is 12.3 Å². The lowest BCUT2D eigenvalue weighted by Crippen LogP contribution is -2.10. The number of hydrogen-bond donors (Lipinski definition) is 0. The minimum absolute atomic E-state index is 0.232. The highest BCUT2D eigenvalue weighted by Gasteiger charge is 2.05. The molecule has 1 heterocycles. The first kappa shape index (κ1) is 10.6. The van der Waals surface area contributed by atoms with Gasteiger partial charge in [-0.25, -0.2) is 4.39 Å². The second-order valence-corrected chi connectivity index (χ2v) is 4.02. The summed E-state index contributed by atoms with van der Waals surface area (Å²) in [5.74, 6) is -0.304. The Morgan fingerprint density at radius 2 is 2.38 bits per heavy atom. The van der Waals surface area contributed by atoms with Crippen LogP contribution in [0.3, 0.4) is 0 Å². The fourth-order valence-corrected chi connectivity index (χ4v) is 1.59. The molecule has 13 heavy (non-hydrogen) atoms. The molecule has 0 saturated carbocycles. The second-order valence-electron chi connectivity index (χ2n) is 2.72. The lowest BCUT2D eigenvalue weighted by Gasteiger charge is -2.06. The summed E-state index contributed by atoms with van der Waals surface area (Å²) in [5, 5.41) is 0. The van der Waals surface area contributed by atoms with Crippen LogP contribution in [0.25, 0.3) is 0 Å². The van der Waals surface area contributed by atoms with Crippen molar-refractivity contribution in [3.05, 3.63) is 29.8 Å². The highest BCUT2D eigenvalue weighted by molar-refractivity contribution is 9.09. The summed E-state index contributed by atoms with van der Waals surface area (Å²) in [6.07, 6.45) is 1.97. The summed E-state index contributed by atoms with van der Waals surface area (Å²) in [6, 6.07) is 3.09. The van der Waals surface area contributed by atoms with Crippen LogP contribution in [0.15, 0.2) is 18.3 Å². The predicted molar refractivity (Wildman–Crippen MR) is 52.5 cm³/mol. The molecule has 0 bridgehead atoms. The monoisotopic (exact) mass is 247 g/mol. The Kier molecular flexibility index (Phi) is 4.32. The molecular formula is C9H11BrFNO. The fourth-order valence-electron chi connectivity index (χ4n) is 0.994. The standard InChI is InChI=1S/C9H11BrFNO/c1-13-6-7(10)4-9-3-2-8(11)5-12-9/h2-3,5,7H,4,6H2,1H3. The number of nitrogens with zero attached hydrogens (tertiary/aromatic N) is 1. The molecule has 2 nitrogen and oxygen atoms in total. The SMILES string of the molecule is COCC(Br)Cc1ccc(F)cn1. The van der Waals surface area contributed by atoms with Crippen LogP contribution in [0.5, 0.6) is 0 Å². The average molecular weight is 248 g/mol. The van der Waals surface area contributed by atoms with Gasteiger partial charge in [-0.3, -0.25) is 4.98 Å². The van der Waals surface area contributed by atoms with Crippen LogP contribution in [0.2, 0.25) is 0 Å². The number of aromatic nitrogens is 1. The maximum Gasteiger partial charge on any atom is 0.141 e. The zero-order valence-corrected chi connectivity index (χ0v) is 8.92. The highest BCUT2D eigenvalue weighted by Crippen LogP contribution is 2.08. The van der Waals surface area contributed by atoms with Crippen molar-refractivity contribution in [1.29, 1.82) is 0 Å². The van der Waals surface area contributed by atoms with Gasteiger partial charge < -0.3 is 4.74 Å². The van der Waals surface area contributed by atoms with Crippen molar-refractivity contribution in [3.8, 4) is 0 Å². The van der Waals surface area contributed by atoms with E-state index in [-0.39, 0.29) is 10.6 Å². The van der Waals surface area contributed by atoms with Crippen LogP contribution in [0.1, 0.15) is 5.69 Å². The van der Waals surface area contributed by atoms with Gasteiger partial charge in [-0.1, -0.05) is 15.9 Å². The van der Waals surface area contributed by atoms with Crippen LogP contribution < -0.4 is 0 Å². The molecule has 72 valence electrons. The first-order valence-electron chi connectivity index (χ1n) is 3.96. The van der Waals surface area contributed by atoms with Gasteiger partial charge in [-0.05, 0) is 12.1 Å². The predicted octanol–water partition coefficient (Wildman–Crippen LogP) is 2.17. The Bertz CT molecular complexity index is 252. The van der Waals surface area contributed by atoms with Crippen molar-refractivity contribution in [3.63, 3.8) is 0 Å². The molecule has 1 unspecified atom stereocenters. The maximum absolute atomic E-state index is 12.5. The minimum Gasteiger partial charge on any atom is -0.384 e. The lowest BCUT2D eigenvalue weighted by atomic mass is 10.2. The van der Waals surface area contributed by atoms with Gasteiger partial charge in [0.1, 0.15) is 5.82 Å². The van der Waals surface area contributed by atoms with E-state index < -0.39 is 0 Å². The van der Waals surface area contributed by atoms with E-state index in [4.69, 9.17) is 4.74 Å². The molecule has 0 spiro atoms. The third-order valence-electron chi connectivity index (χ3n) is 1.57. The maximum atomic E-state index is 12.5. The largest absolute Gasteiger partial charge is 0.384 e. The third-order valence-corrected chi connectivity index (χ3v) is 2.15. The molecule has 0 aromatic carbocycles. The molecule has 4 heteroatoms. The fraction of sp³-hybridized carbons (Fsp3) is 0.444. The molecule has 0 aliphatic carbocycles. The summed E-state index contributed by atoms with van der Waals surface area (Å²) in [6.45, 7) is 0.624. The molecular weight excluding hydrogens is 237 g/mol. The molecule has 1 rings (SSSR count). The highest BCUT2D eigenvalue weighted by atomic mass is 79.9. The number of methoxy groups -OCH3 is 1. The first-order valence-corrected chi connectivity index (χ1v) is 4.87. The van der Waals surface area contributed by atoms with Gasteiger partial charge in [-0.2, -0.15) is 0 Å². The number of alkyl halides is 1. The summed E-state index contributed by atoms with van der Waals surface area (Å²) in [4.78, 5) is 4.17. The summed E-state index contributed by atoms with van der Waals surface area (Å²) >= 11 is 3.43. The van der Waals surface area contributed by atoms with Crippen LogP contribution in [-0.2, 0) is 11.2 Å². The number of hydrogen-bond acceptors (Lipinski definition) is 2. The summed E-state index contributed by atoms with van der Waals surface area (Å²) in [7, 11) is 1.65. The van der Waals surface area contributed by atoms with Crippen molar-refractivity contribution in [2.45, 2.75) is 11.2 Å². The van der Waals surface area contributed by atoms with Gasteiger partial charge >= 0.3 is 0 Å². The normalized spacial score (nSPS) is 12.8. The average Bonchev–Trinajstić information content (AvgIpc) is 2.09. The molecule has 0 amide bonds. The Labute approximate surface area is 85.3 Å². The molecule has 0 fully saturated rings. The van der Waals surface area contributed by atoms with Gasteiger partial charge in [-0.15, -0.1) is 0 Å². The summed E-state index contributed by atoms with van der Waals surface area (Å²) in [5.41, 5.74) is 0.861. The van der Waals surface area contributed by atoms with E-state index in [9.17, 15) is 4.39 Å². The summed E-state index contributed by atoms with van der Waals surface area (Å²) < 4.78 is 17.4. The minimum atomic E-state index is -0.304. The van der Waals surface area contributed by atoms with E-state index in [0.29, 0.717) is 6.61 Å². The Morgan fingerprint density at radius 1 is 1.62 bits per heavy atom. The molecule has 0 radical (unpaired) electrons. The van der Waals surface area contributed by atoms with E-state index in [1.54, 1.807) is 13.2 Å². The van der Waals surface area contributed by atoms with Gasteiger partial charge in [0.05, 0.1) is 12.8 Å². The third kappa shape index (κ3) is 3.83. The quantitative estimate of drug-likeness (QED) is 0.762. The van der Waals surface area contributed by atoms with Gasteiger partial charge in [0.25, 0.3) is 0 Å². The molecule has 0 aliphatic heterocycles. The van der Waals surface area contributed by atoms with Crippen molar-refractivity contribution < 1.29 is 9.13 Å². The number of pyridine rings is 1. The van der Waals surface area contributed by atoms with E-state index in [2.05, 4.69) is 20.9 Å². The number of halogens is 2. The lowest BCUT2D eigenvalue weighted by molar-refractivity contribution is 0.200. The Balaban J connectivity index is 2.49. The second kappa shape index (κ2) is 5.29. The van der Waals surface area contributed by atoms with Gasteiger partial charge in [0.2, 0.25) is 0 Å². The van der Waals surface area contributed by atoms with Crippen molar-refractivity contribution in [1.82, 2.24) is 4.98 Å². The number of ether oxygens (including phenoxy) is 1. The van der Waals surface area contributed by atoms with Crippen LogP contribution in [0, 0.1) is 5.82 Å². The van der Waals surface area contributed by atoms with Crippen LogP contribution in [0.4, 0.5) is 4.39 Å². The molecule has 0 N–H and O–H groups in total. The van der Waals surface area contributed by atoms with Crippen LogP contribution >= 0.6 is 15.9 Å². The van der Waals surface area contributed by atoms with Crippen molar-refractivity contribution in [2.24, 2.45) is 0 Å². The molecule has 1 atom stereocenters. The van der Waals surface area contributed by atoms with Crippen molar-refractivity contribution in [2.75, 3.05) is 13.7 Å². The molecule has 1 aromatic heterocycles. The molecule has 0 aliphatic rings. The Hall–Kier alpha value is -0.480. The van der Waals surface area contributed by atoms with E-state index in [0.717, 1.165) is 12.1 Å². The number of rotatable bonds is 4. The van der Waals surface area contributed by atoms with E-state index >= 15 is 0 Å². The topological polar surface area (TPSA) is 22.1 Å². The van der Waals surface area contributed by atoms with Crippen LogP contribution in [-0.4, -0.2) is 23.5 Å².